The molecule has 1 saturated carbocycles. The van der Waals surface area contributed by atoms with Gasteiger partial charge in [0.15, 0.2) is 0 Å². The highest BCUT2D eigenvalue weighted by atomic mass is 19.1. The Bertz CT molecular complexity index is 423. The molecule has 1 unspecified atom stereocenters. The fourth-order valence-electron chi connectivity index (χ4n) is 2.78. The van der Waals surface area contributed by atoms with Crippen LogP contribution >= 0.6 is 0 Å². The zero-order chi connectivity index (χ0) is 15.1. The lowest BCUT2D eigenvalue weighted by atomic mass is 10.0. The molecule has 0 aromatic heterocycles. The molecule has 0 saturated heterocycles. The van der Waals surface area contributed by atoms with E-state index in [0.717, 1.165) is 38.0 Å². The summed E-state index contributed by atoms with van der Waals surface area (Å²) < 4.78 is 14.0. The Morgan fingerprint density at radius 2 is 2.10 bits per heavy atom. The van der Waals surface area contributed by atoms with Crippen LogP contribution in [0.4, 0.5) is 4.39 Å². The molecule has 0 bridgehead atoms. The van der Waals surface area contributed by atoms with E-state index in [1.165, 1.54) is 18.9 Å². The van der Waals surface area contributed by atoms with Crippen LogP contribution in [0, 0.1) is 5.82 Å². The van der Waals surface area contributed by atoms with Gasteiger partial charge in [-0.15, -0.1) is 0 Å². The van der Waals surface area contributed by atoms with Gasteiger partial charge in [0.05, 0.1) is 6.61 Å². The predicted molar refractivity (Wildman–Crippen MR) is 83.7 cm³/mol. The van der Waals surface area contributed by atoms with Crippen molar-refractivity contribution >= 4 is 0 Å². The molecule has 1 aromatic carbocycles. The minimum Gasteiger partial charge on any atom is -0.395 e. The molecule has 1 aromatic rings. The van der Waals surface area contributed by atoms with E-state index in [9.17, 15) is 4.39 Å². The molecule has 3 nitrogen and oxygen atoms in total. The summed E-state index contributed by atoms with van der Waals surface area (Å²) in [6.07, 6.45) is 4.37. The van der Waals surface area contributed by atoms with Crippen LogP contribution in [0.1, 0.15) is 44.2 Å². The summed E-state index contributed by atoms with van der Waals surface area (Å²) in [5, 5.41) is 12.6. The first kappa shape index (κ1) is 16.4. The first-order valence-corrected chi connectivity index (χ1v) is 8.09. The smallest absolute Gasteiger partial charge is 0.127 e. The average molecular weight is 294 g/mol. The van der Waals surface area contributed by atoms with Gasteiger partial charge >= 0.3 is 0 Å². The van der Waals surface area contributed by atoms with Crippen LogP contribution in [0.2, 0.25) is 0 Å². The molecule has 0 radical (unpaired) electrons. The molecular weight excluding hydrogens is 267 g/mol. The Hall–Kier alpha value is -0.970. The van der Waals surface area contributed by atoms with Crippen LogP contribution in [0.15, 0.2) is 24.3 Å². The molecule has 0 spiro atoms. The van der Waals surface area contributed by atoms with Gasteiger partial charge in [-0.1, -0.05) is 25.1 Å². The van der Waals surface area contributed by atoms with Crippen molar-refractivity contribution in [3.63, 3.8) is 0 Å². The Kier molecular flexibility index (Phi) is 6.61. The lowest BCUT2D eigenvalue weighted by molar-refractivity contribution is 0.182. The molecule has 1 atom stereocenters. The van der Waals surface area contributed by atoms with Crippen LogP contribution in [-0.2, 0) is 0 Å². The predicted octanol–water partition coefficient (Wildman–Crippen LogP) is 2.71. The van der Waals surface area contributed by atoms with E-state index in [1.807, 2.05) is 12.1 Å². The third-order valence-corrected chi connectivity index (χ3v) is 4.08. The van der Waals surface area contributed by atoms with E-state index in [-0.39, 0.29) is 18.5 Å². The Labute approximate surface area is 127 Å². The Morgan fingerprint density at radius 1 is 1.33 bits per heavy atom. The summed E-state index contributed by atoms with van der Waals surface area (Å²) >= 11 is 0. The molecule has 2 N–H and O–H groups in total. The lowest BCUT2D eigenvalue weighted by Crippen LogP contribution is -2.33. The molecule has 21 heavy (non-hydrogen) atoms. The normalized spacial score (nSPS) is 16.4. The molecule has 0 heterocycles. The summed E-state index contributed by atoms with van der Waals surface area (Å²) in [5.74, 6) is -0.133. The number of aliphatic hydroxyl groups excluding tert-OH is 1. The van der Waals surface area contributed by atoms with E-state index in [0.29, 0.717) is 6.04 Å². The SMILES string of the molecule is CCCNC(CCN(CCO)C1CC1)c1ccccc1F. The molecule has 1 aliphatic carbocycles. The molecule has 2 rings (SSSR count). The summed E-state index contributed by atoms with van der Waals surface area (Å²) in [7, 11) is 0. The van der Waals surface area contributed by atoms with Gasteiger partial charge in [-0.05, 0) is 38.3 Å². The maximum absolute atomic E-state index is 14.0. The number of nitrogens with one attached hydrogen (secondary N) is 1. The van der Waals surface area contributed by atoms with Crippen molar-refractivity contribution in [2.75, 3.05) is 26.2 Å². The number of halogens is 1. The minimum absolute atomic E-state index is 0.0473. The van der Waals surface area contributed by atoms with Gasteiger partial charge in [-0.25, -0.2) is 4.39 Å². The van der Waals surface area contributed by atoms with Crippen LogP contribution < -0.4 is 5.32 Å². The van der Waals surface area contributed by atoms with E-state index in [1.54, 1.807) is 6.07 Å². The average Bonchev–Trinajstić information content (AvgIpc) is 3.32. The van der Waals surface area contributed by atoms with Gasteiger partial charge < -0.3 is 10.4 Å². The van der Waals surface area contributed by atoms with E-state index >= 15 is 0 Å². The largest absolute Gasteiger partial charge is 0.395 e. The second-order valence-corrected chi connectivity index (χ2v) is 5.81. The van der Waals surface area contributed by atoms with Crippen LogP contribution in [0.3, 0.4) is 0 Å². The minimum atomic E-state index is -0.133. The van der Waals surface area contributed by atoms with Crippen molar-refractivity contribution in [1.29, 1.82) is 0 Å². The van der Waals surface area contributed by atoms with Crippen molar-refractivity contribution in [3.05, 3.63) is 35.6 Å². The summed E-state index contributed by atoms with van der Waals surface area (Å²) in [4.78, 5) is 2.33. The summed E-state index contributed by atoms with van der Waals surface area (Å²) in [6.45, 7) is 4.84. The van der Waals surface area contributed by atoms with Gasteiger partial charge in [-0.2, -0.15) is 0 Å². The molecule has 0 aliphatic heterocycles. The third-order valence-electron chi connectivity index (χ3n) is 4.08. The fourth-order valence-corrected chi connectivity index (χ4v) is 2.78. The quantitative estimate of drug-likeness (QED) is 0.696. The molecule has 0 amide bonds. The van der Waals surface area contributed by atoms with Crippen molar-refractivity contribution < 1.29 is 9.50 Å². The van der Waals surface area contributed by atoms with Crippen molar-refractivity contribution in [2.45, 2.75) is 44.7 Å². The summed E-state index contributed by atoms with van der Waals surface area (Å²) in [5.41, 5.74) is 0.755. The first-order chi connectivity index (χ1) is 10.3. The van der Waals surface area contributed by atoms with E-state index in [2.05, 4.69) is 17.1 Å². The monoisotopic (exact) mass is 294 g/mol. The molecule has 4 heteroatoms. The van der Waals surface area contributed by atoms with Gasteiger partial charge in [-0.3, -0.25) is 4.90 Å². The molecule has 118 valence electrons. The summed E-state index contributed by atoms with van der Waals surface area (Å²) in [6, 6.07) is 7.71. The topological polar surface area (TPSA) is 35.5 Å². The standard InChI is InChI=1S/C17H27FN2O/c1-2-10-19-17(15-5-3-4-6-16(15)18)9-11-20(12-13-21)14-7-8-14/h3-6,14,17,19,21H,2,7-13H2,1H3. The van der Waals surface area contributed by atoms with E-state index < -0.39 is 0 Å². The van der Waals surface area contributed by atoms with Crippen LogP contribution in [0.5, 0.6) is 0 Å². The number of hydrogen-bond donors (Lipinski definition) is 2. The van der Waals surface area contributed by atoms with Gasteiger partial charge in [0.25, 0.3) is 0 Å². The number of hydrogen-bond acceptors (Lipinski definition) is 3. The highest BCUT2D eigenvalue weighted by Gasteiger charge is 2.29. The third kappa shape index (κ3) is 5.06. The Balaban J connectivity index is 1.97. The first-order valence-electron chi connectivity index (χ1n) is 8.09. The number of benzene rings is 1. The lowest BCUT2D eigenvalue weighted by Gasteiger charge is -2.25. The van der Waals surface area contributed by atoms with Crippen molar-refractivity contribution in [1.82, 2.24) is 10.2 Å². The van der Waals surface area contributed by atoms with Crippen LogP contribution in [0.25, 0.3) is 0 Å². The molecule has 1 aliphatic rings. The maximum Gasteiger partial charge on any atom is 0.127 e. The number of aliphatic hydroxyl groups is 1. The van der Waals surface area contributed by atoms with Crippen molar-refractivity contribution in [2.24, 2.45) is 0 Å². The second kappa shape index (κ2) is 8.47. The van der Waals surface area contributed by atoms with Gasteiger partial charge in [0.2, 0.25) is 0 Å². The zero-order valence-corrected chi connectivity index (χ0v) is 12.9. The molecular formula is C17H27FN2O. The number of rotatable bonds is 10. The second-order valence-electron chi connectivity index (χ2n) is 5.81. The number of nitrogens with zero attached hydrogens (tertiary/aromatic N) is 1. The zero-order valence-electron chi connectivity index (χ0n) is 12.9. The van der Waals surface area contributed by atoms with Gasteiger partial charge in [0, 0.05) is 30.7 Å². The fraction of sp³-hybridized carbons (Fsp3) is 0.647. The van der Waals surface area contributed by atoms with Crippen molar-refractivity contribution in [3.8, 4) is 0 Å². The Morgan fingerprint density at radius 3 is 2.71 bits per heavy atom. The van der Waals surface area contributed by atoms with Crippen LogP contribution in [-0.4, -0.2) is 42.3 Å². The van der Waals surface area contributed by atoms with Gasteiger partial charge in [0.1, 0.15) is 5.82 Å². The molecule has 1 fully saturated rings. The highest BCUT2D eigenvalue weighted by molar-refractivity contribution is 5.21. The highest BCUT2D eigenvalue weighted by Crippen LogP contribution is 2.28. The maximum atomic E-state index is 14.0. The van der Waals surface area contributed by atoms with E-state index in [4.69, 9.17) is 5.11 Å².